The van der Waals surface area contributed by atoms with E-state index >= 15 is 0 Å². The molecule has 2 rings (SSSR count). The van der Waals surface area contributed by atoms with E-state index in [9.17, 15) is 27.2 Å². The molecular weight excluding hydrogens is 352 g/mol. The molecule has 1 aliphatic heterocycles. The Morgan fingerprint density at radius 3 is 2.42 bits per heavy atom. The second-order valence-electron chi connectivity index (χ2n) is 5.52. The highest BCUT2D eigenvalue weighted by atomic mass is 35.5. The van der Waals surface area contributed by atoms with Gasteiger partial charge < -0.3 is 10.2 Å². The minimum atomic E-state index is -4.45. The fraction of sp³-hybridized carbons (Fsp3) is 0.467. The number of halogens is 5. The molecule has 1 N–H and O–H groups in total. The summed E-state index contributed by atoms with van der Waals surface area (Å²) in [6.07, 6.45) is -3.94. The van der Waals surface area contributed by atoms with Crippen LogP contribution in [0.2, 0.25) is 5.02 Å². The largest absolute Gasteiger partial charge is 0.405 e. The Kier molecular flexibility index (Phi) is 5.69. The fourth-order valence-corrected chi connectivity index (χ4v) is 2.76. The first-order valence-electron chi connectivity index (χ1n) is 7.26. The van der Waals surface area contributed by atoms with Gasteiger partial charge in [-0.2, -0.15) is 13.2 Å². The number of rotatable bonds is 3. The molecule has 2 amide bonds. The van der Waals surface area contributed by atoms with Gasteiger partial charge in [0.15, 0.2) is 0 Å². The molecular formula is C15H15ClF4N2O2. The van der Waals surface area contributed by atoms with E-state index in [0.717, 1.165) is 12.1 Å². The third-order valence-corrected chi connectivity index (χ3v) is 4.09. The molecule has 24 heavy (non-hydrogen) atoms. The maximum atomic E-state index is 13.0. The molecule has 132 valence electrons. The average Bonchev–Trinajstić information content (AvgIpc) is 2.51. The van der Waals surface area contributed by atoms with Gasteiger partial charge in [0.25, 0.3) is 5.91 Å². The molecule has 1 fully saturated rings. The molecule has 1 heterocycles. The van der Waals surface area contributed by atoms with Crippen molar-refractivity contribution in [2.24, 2.45) is 5.92 Å². The minimum Gasteiger partial charge on any atom is -0.347 e. The Balaban J connectivity index is 1.90. The van der Waals surface area contributed by atoms with Crippen molar-refractivity contribution in [1.29, 1.82) is 0 Å². The van der Waals surface area contributed by atoms with Gasteiger partial charge in [-0.15, -0.1) is 0 Å². The van der Waals surface area contributed by atoms with Crippen LogP contribution >= 0.6 is 11.6 Å². The number of likely N-dealkylation sites (tertiary alicyclic amines) is 1. The van der Waals surface area contributed by atoms with E-state index in [2.05, 4.69) is 0 Å². The van der Waals surface area contributed by atoms with Crippen LogP contribution < -0.4 is 5.32 Å². The standard InChI is InChI=1S/C15H15ClF4N2O2/c16-12-7-10(17)1-2-11(12)14(24)22-5-3-9(4-6-22)13(23)21-8-15(18,19)20/h1-2,7,9H,3-6,8H2,(H,21,23). The van der Waals surface area contributed by atoms with Gasteiger partial charge in [-0.3, -0.25) is 9.59 Å². The zero-order chi connectivity index (χ0) is 17.9. The van der Waals surface area contributed by atoms with Crippen LogP contribution in [0.5, 0.6) is 0 Å². The Morgan fingerprint density at radius 2 is 1.88 bits per heavy atom. The number of hydrogen-bond acceptors (Lipinski definition) is 2. The summed E-state index contributed by atoms with van der Waals surface area (Å²) < 4.78 is 49.3. The van der Waals surface area contributed by atoms with Crippen molar-refractivity contribution in [1.82, 2.24) is 10.2 Å². The second kappa shape index (κ2) is 7.38. The van der Waals surface area contributed by atoms with Crippen molar-refractivity contribution in [3.63, 3.8) is 0 Å². The van der Waals surface area contributed by atoms with E-state index in [4.69, 9.17) is 11.6 Å². The fourth-order valence-electron chi connectivity index (χ4n) is 2.51. The maximum absolute atomic E-state index is 13.0. The average molecular weight is 367 g/mol. The summed E-state index contributed by atoms with van der Waals surface area (Å²) in [5.41, 5.74) is 0.151. The van der Waals surface area contributed by atoms with Crippen molar-refractivity contribution in [3.05, 3.63) is 34.6 Å². The summed E-state index contributed by atoms with van der Waals surface area (Å²) in [6.45, 7) is -0.927. The number of benzene rings is 1. The molecule has 1 aromatic carbocycles. The van der Waals surface area contributed by atoms with E-state index in [1.807, 2.05) is 5.32 Å². The quantitative estimate of drug-likeness (QED) is 0.836. The molecule has 0 unspecified atom stereocenters. The van der Waals surface area contributed by atoms with Gasteiger partial charge >= 0.3 is 6.18 Å². The number of carbonyl (C=O) groups is 2. The first-order valence-corrected chi connectivity index (χ1v) is 7.64. The minimum absolute atomic E-state index is 0.00922. The van der Waals surface area contributed by atoms with Crippen molar-refractivity contribution < 1.29 is 27.2 Å². The molecule has 0 spiro atoms. The summed E-state index contributed by atoms with van der Waals surface area (Å²) in [7, 11) is 0. The van der Waals surface area contributed by atoms with Gasteiger partial charge in [-0.05, 0) is 31.0 Å². The van der Waals surface area contributed by atoms with Crippen LogP contribution in [0.4, 0.5) is 17.6 Å². The van der Waals surface area contributed by atoms with Crippen molar-refractivity contribution in [3.8, 4) is 0 Å². The number of carbonyl (C=O) groups excluding carboxylic acids is 2. The van der Waals surface area contributed by atoms with E-state index in [0.29, 0.717) is 0 Å². The second-order valence-corrected chi connectivity index (χ2v) is 5.93. The van der Waals surface area contributed by atoms with Crippen LogP contribution in [0, 0.1) is 11.7 Å². The molecule has 0 bridgehead atoms. The van der Waals surface area contributed by atoms with Crippen LogP contribution in [0.1, 0.15) is 23.2 Å². The Bertz CT molecular complexity index is 628. The van der Waals surface area contributed by atoms with Gasteiger partial charge in [-0.1, -0.05) is 11.6 Å². The third-order valence-electron chi connectivity index (χ3n) is 3.78. The lowest BCUT2D eigenvalue weighted by molar-refractivity contribution is -0.141. The number of hydrogen-bond donors (Lipinski definition) is 1. The lowest BCUT2D eigenvalue weighted by Gasteiger charge is -2.31. The highest BCUT2D eigenvalue weighted by molar-refractivity contribution is 6.33. The summed E-state index contributed by atoms with van der Waals surface area (Å²) in [5.74, 6) is -2.19. The first kappa shape index (κ1) is 18.5. The molecule has 1 saturated heterocycles. The number of piperidine rings is 1. The van der Waals surface area contributed by atoms with Crippen molar-refractivity contribution in [2.75, 3.05) is 19.6 Å². The Hall–Kier alpha value is -1.83. The number of alkyl halides is 3. The zero-order valence-electron chi connectivity index (χ0n) is 12.5. The first-order chi connectivity index (χ1) is 11.2. The highest BCUT2D eigenvalue weighted by Crippen LogP contribution is 2.23. The molecule has 4 nitrogen and oxygen atoms in total. The predicted octanol–water partition coefficient (Wildman–Crippen LogP) is 3.01. The van der Waals surface area contributed by atoms with E-state index < -0.39 is 36.3 Å². The monoisotopic (exact) mass is 366 g/mol. The highest BCUT2D eigenvalue weighted by Gasteiger charge is 2.32. The van der Waals surface area contributed by atoms with Gasteiger partial charge in [0.05, 0.1) is 10.6 Å². The van der Waals surface area contributed by atoms with Gasteiger partial charge in [0.1, 0.15) is 12.4 Å². The van der Waals surface area contributed by atoms with Crippen LogP contribution in [-0.2, 0) is 4.79 Å². The Labute approximate surface area is 140 Å². The molecule has 0 aromatic heterocycles. The van der Waals surface area contributed by atoms with Crippen molar-refractivity contribution in [2.45, 2.75) is 19.0 Å². The van der Waals surface area contributed by atoms with Crippen LogP contribution in [0.25, 0.3) is 0 Å². The number of nitrogens with one attached hydrogen (secondary N) is 1. The molecule has 0 aliphatic carbocycles. The molecule has 0 atom stereocenters. The molecule has 0 radical (unpaired) electrons. The zero-order valence-corrected chi connectivity index (χ0v) is 13.3. The molecule has 1 aliphatic rings. The summed E-state index contributed by atoms with van der Waals surface area (Å²) >= 11 is 5.85. The van der Waals surface area contributed by atoms with E-state index in [1.54, 1.807) is 0 Å². The Morgan fingerprint density at radius 1 is 1.25 bits per heavy atom. The SMILES string of the molecule is O=C(NCC(F)(F)F)C1CCN(C(=O)c2ccc(F)cc2Cl)CC1. The maximum Gasteiger partial charge on any atom is 0.405 e. The van der Waals surface area contributed by atoms with Crippen LogP contribution in [0.3, 0.4) is 0 Å². The van der Waals surface area contributed by atoms with Crippen molar-refractivity contribution >= 4 is 23.4 Å². The van der Waals surface area contributed by atoms with Crippen LogP contribution in [0.15, 0.2) is 18.2 Å². The van der Waals surface area contributed by atoms with Gasteiger partial charge in [0, 0.05) is 19.0 Å². The topological polar surface area (TPSA) is 49.4 Å². The van der Waals surface area contributed by atoms with E-state index in [-0.39, 0.29) is 36.5 Å². The summed E-state index contributed by atoms with van der Waals surface area (Å²) in [6, 6.07) is 3.44. The predicted molar refractivity (Wildman–Crippen MR) is 79.1 cm³/mol. The lowest BCUT2D eigenvalue weighted by atomic mass is 9.95. The molecule has 0 saturated carbocycles. The third kappa shape index (κ3) is 4.83. The lowest BCUT2D eigenvalue weighted by Crippen LogP contribution is -2.44. The van der Waals surface area contributed by atoms with Crippen LogP contribution in [-0.4, -0.2) is 42.5 Å². The van der Waals surface area contributed by atoms with E-state index in [1.165, 1.54) is 11.0 Å². The molecule has 1 aromatic rings. The van der Waals surface area contributed by atoms with Gasteiger partial charge in [0.2, 0.25) is 5.91 Å². The summed E-state index contributed by atoms with van der Waals surface area (Å²) in [4.78, 5) is 25.5. The number of nitrogens with zero attached hydrogens (tertiary/aromatic N) is 1. The molecule has 9 heteroatoms. The number of amides is 2. The summed E-state index contributed by atoms with van der Waals surface area (Å²) in [5, 5.41) is 1.84. The smallest absolute Gasteiger partial charge is 0.347 e. The normalized spacial score (nSPS) is 16.1. The van der Waals surface area contributed by atoms with Gasteiger partial charge in [-0.25, -0.2) is 4.39 Å².